The lowest BCUT2D eigenvalue weighted by Crippen LogP contribution is -2.24. The molecule has 1 aliphatic rings. The lowest BCUT2D eigenvalue weighted by atomic mass is 10.4. The number of rotatable bonds is 2. The third-order valence-electron chi connectivity index (χ3n) is 1.89. The summed E-state index contributed by atoms with van der Waals surface area (Å²) in [7, 11) is 0. The Morgan fingerprint density at radius 3 is 3.00 bits per heavy atom. The Balaban J connectivity index is 2.18. The van der Waals surface area contributed by atoms with Gasteiger partial charge in [-0.15, -0.1) is 0 Å². The van der Waals surface area contributed by atoms with E-state index in [2.05, 4.69) is 25.3 Å². The van der Waals surface area contributed by atoms with Crippen molar-refractivity contribution in [2.45, 2.75) is 16.4 Å². The van der Waals surface area contributed by atoms with E-state index in [9.17, 15) is 4.79 Å². The molecule has 1 amide bonds. The molecule has 0 bridgehead atoms. The Hall–Kier alpha value is -0.140. The molecule has 0 N–H and O–H groups in total. The highest BCUT2D eigenvalue weighted by Gasteiger charge is 2.30. The van der Waals surface area contributed by atoms with Crippen LogP contribution in [0.2, 0.25) is 0 Å². The van der Waals surface area contributed by atoms with Crippen molar-refractivity contribution in [3.8, 4) is 0 Å². The first-order chi connectivity index (χ1) is 6.70. The van der Waals surface area contributed by atoms with Gasteiger partial charge in [0.2, 0.25) is 16.2 Å². The first-order valence-corrected chi connectivity index (χ1v) is 6.94. The highest BCUT2D eigenvalue weighted by molar-refractivity contribution is 9.09. The largest absolute Gasteiger partial charge is 0.286 e. The van der Waals surface area contributed by atoms with Crippen molar-refractivity contribution in [2.75, 3.05) is 17.7 Å². The van der Waals surface area contributed by atoms with Crippen molar-refractivity contribution in [1.82, 2.24) is 9.36 Å². The summed E-state index contributed by atoms with van der Waals surface area (Å²) >= 11 is 6.20. The van der Waals surface area contributed by atoms with Crippen LogP contribution in [0.25, 0.3) is 0 Å². The minimum Gasteiger partial charge on any atom is -0.286 e. The van der Waals surface area contributed by atoms with E-state index >= 15 is 0 Å². The Kier molecular flexibility index (Phi) is 3.08. The second-order valence-corrected chi connectivity index (χ2v) is 5.67. The zero-order valence-corrected chi connectivity index (χ0v) is 10.7. The molecule has 0 aromatic carbocycles. The van der Waals surface area contributed by atoms with Gasteiger partial charge in [0.25, 0.3) is 0 Å². The van der Waals surface area contributed by atoms with Gasteiger partial charge in [-0.3, -0.25) is 9.69 Å². The van der Waals surface area contributed by atoms with Gasteiger partial charge < -0.3 is 0 Å². The number of halogens is 1. The maximum atomic E-state index is 11.5. The van der Waals surface area contributed by atoms with E-state index in [4.69, 9.17) is 0 Å². The predicted molar refractivity (Wildman–Crippen MR) is 61.4 cm³/mol. The normalized spacial score (nSPS) is 22.0. The van der Waals surface area contributed by atoms with Crippen LogP contribution >= 0.6 is 39.2 Å². The average Bonchev–Trinajstić information content (AvgIpc) is 2.71. The lowest BCUT2D eigenvalue weighted by molar-refractivity contribution is -0.117. The number of carbonyl (C=O) groups is 1. The van der Waals surface area contributed by atoms with Gasteiger partial charge >= 0.3 is 0 Å². The van der Waals surface area contributed by atoms with Crippen LogP contribution in [0.5, 0.6) is 0 Å². The van der Waals surface area contributed by atoms with E-state index in [1.807, 2.05) is 6.26 Å². The highest BCUT2D eigenvalue weighted by Crippen LogP contribution is 2.28. The molecule has 2 rings (SSSR count). The highest BCUT2D eigenvalue weighted by atomic mass is 79.9. The number of nitrogens with zero attached hydrogens (tertiary/aromatic N) is 3. The van der Waals surface area contributed by atoms with E-state index in [0.29, 0.717) is 18.1 Å². The molecule has 0 spiro atoms. The molecule has 1 aromatic rings. The van der Waals surface area contributed by atoms with Crippen molar-refractivity contribution in [1.29, 1.82) is 0 Å². The average molecular weight is 294 g/mol. The Bertz CT molecular complexity index is 356. The third kappa shape index (κ3) is 1.94. The Labute approximate surface area is 98.4 Å². The molecule has 0 saturated carbocycles. The number of amides is 1. The summed E-state index contributed by atoms with van der Waals surface area (Å²) in [6.07, 6.45) is 2.47. The molecule has 1 atom stereocenters. The van der Waals surface area contributed by atoms with Gasteiger partial charge in [-0.05, 0) is 6.26 Å². The van der Waals surface area contributed by atoms with Crippen molar-refractivity contribution in [2.24, 2.45) is 0 Å². The van der Waals surface area contributed by atoms with Gasteiger partial charge in [0, 0.05) is 29.3 Å². The minimum absolute atomic E-state index is 0.121. The van der Waals surface area contributed by atoms with Crippen molar-refractivity contribution in [3.63, 3.8) is 0 Å². The van der Waals surface area contributed by atoms with Gasteiger partial charge in [0.15, 0.2) is 0 Å². The van der Waals surface area contributed by atoms with Crippen LogP contribution < -0.4 is 4.90 Å². The molecule has 2 heterocycles. The molecule has 4 nitrogen and oxygen atoms in total. The van der Waals surface area contributed by atoms with Gasteiger partial charge in [-0.2, -0.15) is 9.36 Å². The molecule has 1 unspecified atom stereocenters. The smallest absolute Gasteiger partial charge is 0.230 e. The van der Waals surface area contributed by atoms with Crippen LogP contribution in [0.15, 0.2) is 5.16 Å². The van der Waals surface area contributed by atoms with E-state index in [1.165, 1.54) is 23.3 Å². The maximum absolute atomic E-state index is 11.5. The van der Waals surface area contributed by atoms with E-state index in [-0.39, 0.29) is 10.7 Å². The van der Waals surface area contributed by atoms with E-state index in [0.717, 1.165) is 5.16 Å². The van der Waals surface area contributed by atoms with E-state index in [1.54, 1.807) is 4.90 Å². The second kappa shape index (κ2) is 4.16. The SMILES string of the molecule is CSc1nsc(N2CC(Br)CC2=O)n1. The fourth-order valence-corrected chi connectivity index (χ4v) is 3.06. The Morgan fingerprint density at radius 2 is 2.50 bits per heavy atom. The number of hydrogen-bond donors (Lipinski definition) is 0. The molecule has 7 heteroatoms. The van der Waals surface area contributed by atoms with Crippen LogP contribution in [0.1, 0.15) is 6.42 Å². The molecular weight excluding hydrogens is 286 g/mol. The van der Waals surface area contributed by atoms with Gasteiger partial charge in [0.05, 0.1) is 0 Å². The van der Waals surface area contributed by atoms with Crippen LogP contribution in [0.4, 0.5) is 5.13 Å². The monoisotopic (exact) mass is 293 g/mol. The van der Waals surface area contributed by atoms with Gasteiger partial charge in [-0.25, -0.2) is 0 Å². The summed E-state index contributed by atoms with van der Waals surface area (Å²) in [6.45, 7) is 0.696. The Morgan fingerprint density at radius 1 is 1.71 bits per heavy atom. The molecule has 76 valence electrons. The first-order valence-electron chi connectivity index (χ1n) is 4.03. The van der Waals surface area contributed by atoms with Crippen LogP contribution in [0.3, 0.4) is 0 Å². The van der Waals surface area contributed by atoms with Crippen molar-refractivity contribution >= 4 is 50.3 Å². The molecular formula is C7H8BrN3OS2. The van der Waals surface area contributed by atoms with Crippen LogP contribution in [-0.4, -0.2) is 32.9 Å². The molecule has 1 fully saturated rings. The lowest BCUT2D eigenvalue weighted by Gasteiger charge is -2.09. The quantitative estimate of drug-likeness (QED) is 0.616. The van der Waals surface area contributed by atoms with Gasteiger partial charge in [-0.1, -0.05) is 27.7 Å². The number of aromatic nitrogens is 2. The second-order valence-electron chi connectivity index (χ2n) is 2.87. The molecule has 0 radical (unpaired) electrons. The maximum Gasteiger partial charge on any atom is 0.230 e. The zero-order chi connectivity index (χ0) is 10.1. The summed E-state index contributed by atoms with van der Waals surface area (Å²) in [5.41, 5.74) is 0. The molecule has 1 aromatic heterocycles. The van der Waals surface area contributed by atoms with Crippen molar-refractivity contribution < 1.29 is 4.79 Å². The summed E-state index contributed by atoms with van der Waals surface area (Å²) in [5, 5.41) is 1.44. The minimum atomic E-state index is 0.121. The molecule has 1 saturated heterocycles. The topological polar surface area (TPSA) is 46.1 Å². The zero-order valence-electron chi connectivity index (χ0n) is 7.44. The van der Waals surface area contributed by atoms with Crippen LogP contribution in [-0.2, 0) is 4.79 Å². The number of hydrogen-bond acceptors (Lipinski definition) is 5. The van der Waals surface area contributed by atoms with Gasteiger partial charge in [0.1, 0.15) is 0 Å². The fraction of sp³-hybridized carbons (Fsp3) is 0.571. The van der Waals surface area contributed by atoms with Crippen molar-refractivity contribution in [3.05, 3.63) is 0 Å². The number of thioether (sulfide) groups is 1. The van der Waals surface area contributed by atoms with Crippen LogP contribution in [0, 0.1) is 0 Å². The third-order valence-corrected chi connectivity index (χ3v) is 3.90. The molecule has 14 heavy (non-hydrogen) atoms. The number of carbonyl (C=O) groups excluding carboxylic acids is 1. The molecule has 0 aliphatic carbocycles. The summed E-state index contributed by atoms with van der Waals surface area (Å²) in [6, 6.07) is 0. The fourth-order valence-electron chi connectivity index (χ4n) is 1.24. The number of anilines is 1. The number of alkyl halides is 1. The predicted octanol–water partition coefficient (Wildman–Crippen LogP) is 1.76. The van der Waals surface area contributed by atoms with E-state index < -0.39 is 0 Å². The summed E-state index contributed by atoms with van der Waals surface area (Å²) in [4.78, 5) is 17.7. The standard InChI is InChI=1S/C7H8BrN3OS2/c1-13-6-9-7(14-10-6)11-3-4(8)2-5(11)12/h4H,2-3H2,1H3. The first kappa shape index (κ1) is 10.4. The summed E-state index contributed by atoms with van der Waals surface area (Å²) in [5.74, 6) is 0.121. The summed E-state index contributed by atoms with van der Waals surface area (Å²) < 4.78 is 4.12. The molecule has 1 aliphatic heterocycles.